The van der Waals surface area contributed by atoms with Crippen molar-refractivity contribution >= 4 is 45.0 Å². The maximum atomic E-state index is 12.8. The molecule has 1 aromatic heterocycles. The maximum Gasteiger partial charge on any atom is 0.263 e. The molecule has 0 fully saturated rings. The van der Waals surface area contributed by atoms with Gasteiger partial charge in [-0.3, -0.25) is 4.72 Å². The molecule has 0 unspecified atom stereocenters. The van der Waals surface area contributed by atoms with E-state index in [0.29, 0.717) is 21.7 Å². The lowest BCUT2D eigenvalue weighted by Crippen LogP contribution is -2.20. The van der Waals surface area contributed by atoms with Crippen molar-refractivity contribution in [2.75, 3.05) is 16.6 Å². The van der Waals surface area contributed by atoms with Gasteiger partial charge < -0.3 is 5.32 Å². The van der Waals surface area contributed by atoms with E-state index in [4.69, 9.17) is 11.6 Å². The highest BCUT2D eigenvalue weighted by Gasteiger charge is 2.17. The molecule has 0 amide bonds. The molecule has 31 heavy (non-hydrogen) atoms. The third-order valence-corrected chi connectivity index (χ3v) is 6.51. The first-order chi connectivity index (χ1) is 14.9. The summed E-state index contributed by atoms with van der Waals surface area (Å²) in [6, 6.07) is 16.9. The van der Waals surface area contributed by atoms with E-state index in [1.807, 2.05) is 30.3 Å². The number of aromatic nitrogens is 2. The molecule has 2 N–H and O–H groups in total. The molecule has 8 nitrogen and oxygen atoms in total. The molecule has 3 aromatic rings. The predicted molar refractivity (Wildman–Crippen MR) is 124 cm³/mol. The van der Waals surface area contributed by atoms with Crippen LogP contribution in [0, 0.1) is 4.91 Å². The average molecular weight is 478 g/mol. The summed E-state index contributed by atoms with van der Waals surface area (Å²) in [6.45, 7) is 1.82. The van der Waals surface area contributed by atoms with Gasteiger partial charge in [-0.15, -0.1) is 0 Å². The van der Waals surface area contributed by atoms with E-state index in [9.17, 15) is 13.3 Å². The molecule has 11 heteroatoms. The molecule has 162 valence electrons. The van der Waals surface area contributed by atoms with Crippen LogP contribution in [0.1, 0.15) is 12.5 Å². The number of hydrogen-bond donors (Lipinski definition) is 2. The van der Waals surface area contributed by atoms with Gasteiger partial charge in [0.1, 0.15) is 18.2 Å². The summed E-state index contributed by atoms with van der Waals surface area (Å²) in [7, 11) is -3.91. The number of nitrogens with zero attached hydrogens (tertiary/aromatic N) is 3. The molecule has 1 atom stereocenters. The van der Waals surface area contributed by atoms with Crippen molar-refractivity contribution in [3.8, 4) is 0 Å². The number of hydrogen-bond acceptors (Lipinski definition) is 8. The zero-order valence-electron chi connectivity index (χ0n) is 16.5. The number of thioether (sulfide) groups is 1. The van der Waals surface area contributed by atoms with Gasteiger partial charge in [0.25, 0.3) is 10.0 Å². The normalized spacial score (nSPS) is 12.2. The first kappa shape index (κ1) is 23.0. The Bertz CT molecular complexity index is 1150. The fraction of sp³-hybridized carbons (Fsp3) is 0.200. The third kappa shape index (κ3) is 6.91. The van der Waals surface area contributed by atoms with E-state index >= 15 is 0 Å². The molecule has 0 aliphatic heterocycles. The minimum atomic E-state index is -3.91. The minimum Gasteiger partial charge on any atom is -0.365 e. The molecule has 0 aliphatic rings. The zero-order chi connectivity index (χ0) is 22.3. The predicted octanol–water partition coefficient (Wildman–Crippen LogP) is 4.79. The van der Waals surface area contributed by atoms with Gasteiger partial charge in [0.15, 0.2) is 5.16 Å². The zero-order valence-corrected chi connectivity index (χ0v) is 18.9. The summed E-state index contributed by atoms with van der Waals surface area (Å²) in [6.07, 6.45) is 0. The van der Waals surface area contributed by atoms with E-state index in [0.717, 1.165) is 5.56 Å². The highest BCUT2D eigenvalue weighted by atomic mass is 35.5. The van der Waals surface area contributed by atoms with E-state index in [1.165, 1.54) is 30.0 Å². The van der Waals surface area contributed by atoms with Crippen molar-refractivity contribution in [3.05, 3.63) is 76.2 Å². The Balaban J connectivity index is 1.87. The van der Waals surface area contributed by atoms with Gasteiger partial charge in [-0.1, -0.05) is 64.9 Å². The van der Waals surface area contributed by atoms with Crippen LogP contribution in [-0.4, -0.2) is 31.0 Å². The van der Waals surface area contributed by atoms with E-state index < -0.39 is 10.0 Å². The highest BCUT2D eigenvalue weighted by Crippen LogP contribution is 2.25. The number of sulfonamides is 1. The van der Waals surface area contributed by atoms with Crippen LogP contribution in [0.4, 0.5) is 11.6 Å². The Morgan fingerprint density at radius 1 is 1.06 bits per heavy atom. The summed E-state index contributed by atoms with van der Waals surface area (Å²) in [4.78, 5) is 19.3. The largest absolute Gasteiger partial charge is 0.365 e. The lowest BCUT2D eigenvalue weighted by Gasteiger charge is -2.14. The lowest BCUT2D eigenvalue weighted by atomic mass is 10.2. The lowest BCUT2D eigenvalue weighted by molar-refractivity contribution is 0.601. The van der Waals surface area contributed by atoms with Crippen molar-refractivity contribution in [1.29, 1.82) is 0 Å². The molecule has 2 aromatic carbocycles. The van der Waals surface area contributed by atoms with Crippen LogP contribution in [0.25, 0.3) is 0 Å². The third-order valence-electron chi connectivity index (χ3n) is 4.00. The van der Waals surface area contributed by atoms with Gasteiger partial charge in [0, 0.05) is 22.9 Å². The Labute approximate surface area is 189 Å². The molecule has 0 spiro atoms. The number of halogens is 1. The fourth-order valence-corrected chi connectivity index (χ4v) is 4.69. The molecule has 0 aliphatic carbocycles. The van der Waals surface area contributed by atoms with Gasteiger partial charge in [-0.25, -0.2) is 18.4 Å². The van der Waals surface area contributed by atoms with Crippen LogP contribution in [0.5, 0.6) is 0 Å². The first-order valence-electron chi connectivity index (χ1n) is 9.25. The van der Waals surface area contributed by atoms with Gasteiger partial charge in [-0.2, -0.15) is 4.91 Å². The smallest absolute Gasteiger partial charge is 0.263 e. The standard InChI is InChI=1S/C20H20ClN5O3S2/c1-14(12-22-27)23-18-11-19(26-31(28,29)17-9-5-8-16(21)10-17)25-20(24-18)30-13-15-6-3-2-4-7-15/h2-11,14H,12-13H2,1H3,(H2,23,24,25,26)/t14-/m1/s1. The summed E-state index contributed by atoms with van der Waals surface area (Å²) < 4.78 is 28.0. The second-order valence-electron chi connectivity index (χ2n) is 6.62. The number of nitroso groups, excluding NO2 is 1. The monoisotopic (exact) mass is 477 g/mol. The Morgan fingerprint density at radius 3 is 2.52 bits per heavy atom. The van der Waals surface area contributed by atoms with Crippen LogP contribution in [0.15, 0.2) is 75.9 Å². The van der Waals surface area contributed by atoms with Crippen molar-refractivity contribution < 1.29 is 8.42 Å². The van der Waals surface area contributed by atoms with E-state index in [-0.39, 0.29) is 23.3 Å². The number of rotatable bonds is 10. The summed E-state index contributed by atoms with van der Waals surface area (Å²) in [5.41, 5.74) is 1.08. The van der Waals surface area contributed by atoms with Gasteiger partial charge >= 0.3 is 0 Å². The topological polar surface area (TPSA) is 113 Å². The van der Waals surface area contributed by atoms with Crippen molar-refractivity contribution in [3.63, 3.8) is 0 Å². The summed E-state index contributed by atoms with van der Waals surface area (Å²) in [5, 5.41) is 6.60. The van der Waals surface area contributed by atoms with Crippen molar-refractivity contribution in [2.45, 2.75) is 28.8 Å². The second-order valence-corrected chi connectivity index (χ2v) is 9.68. The van der Waals surface area contributed by atoms with E-state index in [1.54, 1.807) is 19.1 Å². The SMILES string of the molecule is C[C@H](CN=O)Nc1cc(NS(=O)(=O)c2cccc(Cl)c2)nc(SCc2ccccc2)n1. The van der Waals surface area contributed by atoms with Gasteiger partial charge in [0.05, 0.1) is 4.90 Å². The molecule has 0 bridgehead atoms. The average Bonchev–Trinajstić information content (AvgIpc) is 2.73. The summed E-state index contributed by atoms with van der Waals surface area (Å²) in [5.74, 6) is 1.08. The van der Waals surface area contributed by atoms with Crippen LogP contribution in [0.2, 0.25) is 5.02 Å². The van der Waals surface area contributed by atoms with Crippen LogP contribution in [-0.2, 0) is 15.8 Å². The second kappa shape index (κ2) is 10.6. The highest BCUT2D eigenvalue weighted by molar-refractivity contribution is 7.98. The Hall–Kier alpha value is -2.69. The first-order valence-corrected chi connectivity index (χ1v) is 12.1. The quantitative estimate of drug-likeness (QED) is 0.245. The van der Waals surface area contributed by atoms with Crippen LogP contribution < -0.4 is 10.0 Å². The minimum absolute atomic E-state index is 0.0186. The van der Waals surface area contributed by atoms with Gasteiger partial charge in [0.2, 0.25) is 0 Å². The van der Waals surface area contributed by atoms with E-state index in [2.05, 4.69) is 25.2 Å². The summed E-state index contributed by atoms with van der Waals surface area (Å²) >= 11 is 7.29. The molecule has 0 radical (unpaired) electrons. The van der Waals surface area contributed by atoms with Crippen molar-refractivity contribution in [2.24, 2.45) is 5.18 Å². The number of benzene rings is 2. The molecule has 3 rings (SSSR count). The molecule has 1 heterocycles. The fourth-order valence-electron chi connectivity index (χ4n) is 2.58. The van der Waals surface area contributed by atoms with Crippen LogP contribution >= 0.6 is 23.4 Å². The number of nitrogens with one attached hydrogen (secondary N) is 2. The Morgan fingerprint density at radius 2 is 1.81 bits per heavy atom. The maximum absolute atomic E-state index is 12.8. The molecule has 0 saturated heterocycles. The molecule has 0 saturated carbocycles. The Kier molecular flexibility index (Phi) is 7.83. The molecular formula is C20H20ClN5O3S2. The molecular weight excluding hydrogens is 458 g/mol. The number of anilines is 2. The van der Waals surface area contributed by atoms with Gasteiger partial charge in [-0.05, 0) is 30.7 Å². The van der Waals surface area contributed by atoms with Crippen LogP contribution in [0.3, 0.4) is 0 Å². The van der Waals surface area contributed by atoms with Crippen molar-refractivity contribution in [1.82, 2.24) is 9.97 Å².